The number of benzene rings is 2. The molecule has 0 radical (unpaired) electrons. The van der Waals surface area contributed by atoms with Gasteiger partial charge in [0.2, 0.25) is 5.91 Å². The monoisotopic (exact) mass is 284 g/mol. The predicted octanol–water partition coefficient (Wildman–Crippen LogP) is 1.17. The lowest BCUT2D eigenvalue weighted by Gasteiger charge is -2.26. The molecule has 2 aromatic rings. The van der Waals surface area contributed by atoms with E-state index < -0.39 is 6.10 Å². The van der Waals surface area contributed by atoms with Crippen molar-refractivity contribution in [3.8, 4) is 0 Å². The van der Waals surface area contributed by atoms with Crippen molar-refractivity contribution in [2.75, 3.05) is 20.1 Å². The second-order valence-electron chi connectivity index (χ2n) is 5.66. The van der Waals surface area contributed by atoms with Crippen molar-refractivity contribution in [2.45, 2.75) is 18.6 Å². The highest BCUT2D eigenvalue weighted by Gasteiger charge is 2.30. The molecule has 0 unspecified atom stereocenters. The molecule has 110 valence electrons. The van der Waals surface area contributed by atoms with Crippen molar-refractivity contribution in [1.82, 2.24) is 10.2 Å². The number of nitrogens with one attached hydrogen (secondary N) is 1. The molecule has 1 heterocycles. The Morgan fingerprint density at radius 1 is 1.24 bits per heavy atom. The van der Waals surface area contributed by atoms with Crippen molar-refractivity contribution in [3.63, 3.8) is 0 Å². The van der Waals surface area contributed by atoms with Crippen molar-refractivity contribution >= 4 is 16.7 Å². The molecular weight excluding hydrogens is 264 g/mol. The molecule has 4 heteroatoms. The van der Waals surface area contributed by atoms with Crippen LogP contribution in [0.2, 0.25) is 0 Å². The smallest absolute Gasteiger partial charge is 0.227 e. The topological polar surface area (TPSA) is 52.6 Å². The summed E-state index contributed by atoms with van der Waals surface area (Å²) in [6, 6.07) is 14.1. The van der Waals surface area contributed by atoms with Crippen molar-refractivity contribution < 1.29 is 9.90 Å². The van der Waals surface area contributed by atoms with Gasteiger partial charge >= 0.3 is 0 Å². The van der Waals surface area contributed by atoms with Crippen LogP contribution in [0.15, 0.2) is 42.5 Å². The minimum atomic E-state index is -0.476. The molecule has 3 rings (SSSR count). The minimum Gasteiger partial charge on any atom is -0.390 e. The standard InChI is InChI=1S/C17H20N2O2/c1-19(15-10-18-11-16(15)20)17(21)9-12-6-7-13-4-2-3-5-14(13)8-12/h2-8,15-16,18,20H,9-11H2,1H3/t15-,16-/m0/s1. The summed E-state index contributed by atoms with van der Waals surface area (Å²) in [6.07, 6.45) is -0.111. The summed E-state index contributed by atoms with van der Waals surface area (Å²) >= 11 is 0. The summed E-state index contributed by atoms with van der Waals surface area (Å²) in [5.74, 6) is 0.0398. The third-order valence-corrected chi connectivity index (χ3v) is 4.21. The van der Waals surface area contributed by atoms with Gasteiger partial charge in [-0.05, 0) is 16.3 Å². The zero-order valence-corrected chi connectivity index (χ0v) is 12.1. The number of carbonyl (C=O) groups is 1. The summed E-state index contributed by atoms with van der Waals surface area (Å²) in [4.78, 5) is 14.0. The second kappa shape index (κ2) is 5.84. The molecule has 0 saturated carbocycles. The first-order chi connectivity index (χ1) is 10.1. The van der Waals surface area contributed by atoms with Gasteiger partial charge in [0.05, 0.1) is 18.6 Å². The zero-order valence-electron chi connectivity index (χ0n) is 12.1. The van der Waals surface area contributed by atoms with E-state index in [-0.39, 0.29) is 11.9 Å². The fraction of sp³-hybridized carbons (Fsp3) is 0.353. The summed E-state index contributed by atoms with van der Waals surface area (Å²) in [5, 5.41) is 15.3. The van der Waals surface area contributed by atoms with Crippen LogP contribution in [0, 0.1) is 0 Å². The van der Waals surface area contributed by atoms with Crippen LogP contribution in [-0.2, 0) is 11.2 Å². The van der Waals surface area contributed by atoms with E-state index >= 15 is 0 Å². The number of likely N-dealkylation sites (N-methyl/N-ethyl adjacent to an activating group) is 1. The number of carbonyl (C=O) groups excluding carboxylic acids is 1. The highest BCUT2D eigenvalue weighted by molar-refractivity contribution is 5.85. The van der Waals surface area contributed by atoms with Crippen molar-refractivity contribution in [1.29, 1.82) is 0 Å². The fourth-order valence-corrected chi connectivity index (χ4v) is 2.88. The lowest BCUT2D eigenvalue weighted by molar-refractivity contribution is -0.132. The lowest BCUT2D eigenvalue weighted by atomic mass is 10.0. The Kier molecular flexibility index (Phi) is 3.90. The molecule has 1 fully saturated rings. The van der Waals surface area contributed by atoms with E-state index in [1.165, 1.54) is 5.39 Å². The molecule has 0 aliphatic carbocycles. The minimum absolute atomic E-state index is 0.0398. The summed E-state index contributed by atoms with van der Waals surface area (Å²) in [6.45, 7) is 1.21. The largest absolute Gasteiger partial charge is 0.390 e. The van der Waals surface area contributed by atoms with E-state index in [1.807, 2.05) is 24.3 Å². The first-order valence-electron chi connectivity index (χ1n) is 7.27. The van der Waals surface area contributed by atoms with Crippen LogP contribution in [0.25, 0.3) is 10.8 Å². The van der Waals surface area contributed by atoms with Gasteiger partial charge in [0.1, 0.15) is 0 Å². The Labute approximate surface area is 124 Å². The molecule has 1 aliphatic rings. The molecule has 2 N–H and O–H groups in total. The van der Waals surface area contributed by atoms with Crippen LogP contribution in [0.5, 0.6) is 0 Å². The Hall–Kier alpha value is -1.91. The van der Waals surface area contributed by atoms with Gasteiger partial charge in [0.25, 0.3) is 0 Å². The zero-order chi connectivity index (χ0) is 14.8. The molecule has 0 aromatic heterocycles. The number of aliphatic hydroxyl groups excluding tert-OH is 1. The van der Waals surface area contributed by atoms with Crippen LogP contribution < -0.4 is 5.32 Å². The summed E-state index contributed by atoms with van der Waals surface area (Å²) in [5.41, 5.74) is 1.01. The highest BCUT2D eigenvalue weighted by atomic mass is 16.3. The van der Waals surface area contributed by atoms with E-state index in [4.69, 9.17) is 0 Å². The van der Waals surface area contributed by atoms with Crippen LogP contribution in [0.1, 0.15) is 5.56 Å². The van der Waals surface area contributed by atoms with E-state index in [0.29, 0.717) is 19.5 Å². The van der Waals surface area contributed by atoms with Gasteiger partial charge in [0, 0.05) is 20.1 Å². The van der Waals surface area contributed by atoms with E-state index in [1.54, 1.807) is 11.9 Å². The Morgan fingerprint density at radius 2 is 2.00 bits per heavy atom. The summed E-state index contributed by atoms with van der Waals surface area (Å²) in [7, 11) is 1.77. The van der Waals surface area contributed by atoms with E-state index in [9.17, 15) is 9.90 Å². The van der Waals surface area contributed by atoms with Crippen LogP contribution in [-0.4, -0.2) is 48.2 Å². The summed E-state index contributed by atoms with van der Waals surface area (Å²) < 4.78 is 0. The Morgan fingerprint density at radius 3 is 2.71 bits per heavy atom. The van der Waals surface area contributed by atoms with Crippen molar-refractivity contribution in [2.24, 2.45) is 0 Å². The van der Waals surface area contributed by atoms with Crippen LogP contribution >= 0.6 is 0 Å². The van der Waals surface area contributed by atoms with Gasteiger partial charge in [-0.2, -0.15) is 0 Å². The molecular formula is C17H20N2O2. The molecule has 21 heavy (non-hydrogen) atoms. The third-order valence-electron chi connectivity index (χ3n) is 4.21. The van der Waals surface area contributed by atoms with E-state index in [2.05, 4.69) is 23.5 Å². The number of hydrogen-bond donors (Lipinski definition) is 2. The van der Waals surface area contributed by atoms with Crippen molar-refractivity contribution in [3.05, 3.63) is 48.0 Å². The SMILES string of the molecule is CN(C(=O)Cc1ccc2ccccc2c1)[C@H]1CNC[C@@H]1O. The molecule has 1 amide bonds. The van der Waals surface area contributed by atoms with Crippen LogP contribution in [0.4, 0.5) is 0 Å². The number of amides is 1. The molecule has 2 aromatic carbocycles. The van der Waals surface area contributed by atoms with Crippen LogP contribution in [0.3, 0.4) is 0 Å². The van der Waals surface area contributed by atoms with Gasteiger partial charge < -0.3 is 15.3 Å². The molecule has 1 saturated heterocycles. The average molecular weight is 284 g/mol. The predicted molar refractivity (Wildman–Crippen MR) is 83.1 cm³/mol. The number of fused-ring (bicyclic) bond motifs is 1. The fourth-order valence-electron chi connectivity index (χ4n) is 2.88. The maximum atomic E-state index is 12.4. The molecule has 1 aliphatic heterocycles. The maximum Gasteiger partial charge on any atom is 0.227 e. The first-order valence-corrected chi connectivity index (χ1v) is 7.27. The van der Waals surface area contributed by atoms with Gasteiger partial charge in [-0.3, -0.25) is 4.79 Å². The number of β-amino-alcohol motifs (C(OH)–C–C–N with tert-alkyl or cyclic N) is 1. The lowest BCUT2D eigenvalue weighted by Crippen LogP contribution is -2.44. The maximum absolute atomic E-state index is 12.4. The highest BCUT2D eigenvalue weighted by Crippen LogP contribution is 2.17. The number of rotatable bonds is 3. The quantitative estimate of drug-likeness (QED) is 0.890. The van der Waals surface area contributed by atoms with E-state index in [0.717, 1.165) is 10.9 Å². The Balaban J connectivity index is 1.73. The van der Waals surface area contributed by atoms with Gasteiger partial charge in [-0.1, -0.05) is 42.5 Å². The van der Waals surface area contributed by atoms with Gasteiger partial charge in [-0.25, -0.2) is 0 Å². The van der Waals surface area contributed by atoms with Gasteiger partial charge in [0.15, 0.2) is 0 Å². The number of hydrogen-bond acceptors (Lipinski definition) is 3. The molecule has 0 spiro atoms. The normalized spacial score (nSPS) is 21.6. The first kappa shape index (κ1) is 14.0. The third kappa shape index (κ3) is 2.91. The molecule has 0 bridgehead atoms. The van der Waals surface area contributed by atoms with Gasteiger partial charge in [-0.15, -0.1) is 0 Å². The number of aliphatic hydroxyl groups is 1. The average Bonchev–Trinajstić information content (AvgIpc) is 2.92. The number of nitrogens with zero attached hydrogens (tertiary/aromatic N) is 1. The Bertz CT molecular complexity index is 656. The molecule has 4 nitrogen and oxygen atoms in total. The molecule has 2 atom stereocenters. The second-order valence-corrected chi connectivity index (χ2v) is 5.66.